The van der Waals surface area contributed by atoms with Crippen molar-refractivity contribution in [3.8, 4) is 11.5 Å². The summed E-state index contributed by atoms with van der Waals surface area (Å²) in [5.41, 5.74) is 4.13. The van der Waals surface area contributed by atoms with Crippen LogP contribution in [0.15, 0.2) is 42.7 Å². The highest BCUT2D eigenvalue weighted by Gasteiger charge is 2.36. The number of likely N-dealkylation sites (N-methyl/N-ethyl adjacent to an activating group) is 1. The summed E-state index contributed by atoms with van der Waals surface area (Å²) < 4.78 is 11.0. The second kappa shape index (κ2) is 11.2. The average Bonchev–Trinajstić information content (AvgIpc) is 3.58. The molecule has 37 heavy (non-hydrogen) atoms. The predicted octanol–water partition coefficient (Wildman–Crippen LogP) is 3.01. The topological polar surface area (TPSA) is 88.8 Å². The third kappa shape index (κ3) is 5.11. The van der Waals surface area contributed by atoms with Crippen LogP contribution in [0.5, 0.6) is 11.5 Å². The molecule has 0 bridgehead atoms. The van der Waals surface area contributed by atoms with Gasteiger partial charge < -0.3 is 24.2 Å². The van der Waals surface area contributed by atoms with E-state index in [1.54, 1.807) is 19.0 Å². The van der Waals surface area contributed by atoms with Crippen LogP contribution >= 0.6 is 0 Å². The Bertz CT molecular complexity index is 1210. The largest absolute Gasteiger partial charge is 0.493 e. The molecule has 10 heteroatoms. The average molecular weight is 506 g/mol. The van der Waals surface area contributed by atoms with Crippen LogP contribution in [-0.4, -0.2) is 82.9 Å². The molecule has 1 unspecified atom stereocenters. The van der Waals surface area contributed by atoms with Crippen LogP contribution in [0.1, 0.15) is 47.3 Å². The maximum Gasteiger partial charge on any atom is 0.255 e. The number of aryl methyl sites for hydroxylation is 1. The summed E-state index contributed by atoms with van der Waals surface area (Å²) in [4.78, 5) is 22.3. The van der Waals surface area contributed by atoms with Crippen LogP contribution in [0.3, 0.4) is 0 Å². The molecule has 5 rings (SSSR count). The van der Waals surface area contributed by atoms with E-state index in [4.69, 9.17) is 9.47 Å². The number of ether oxygens (including phenoxy) is 2. The zero-order valence-corrected chi connectivity index (χ0v) is 21.8. The standard InChI is InChI=1S/C27H35N7O3/c1-4-31-13-15-32(16-14-31)24-8-5-7-21-22(24)18-33(27(21)35)23(9-6-12-34-29-19-28-30-34)20-10-11-25(36-2)26(17-20)37-3/h5,7-8,10-11,17,19,23H,4,6,9,12-16,18H2,1-3H3. The molecule has 1 saturated heterocycles. The summed E-state index contributed by atoms with van der Waals surface area (Å²) in [6.07, 6.45) is 2.98. The molecule has 1 atom stereocenters. The molecule has 1 aromatic heterocycles. The lowest BCUT2D eigenvalue weighted by Crippen LogP contribution is -2.46. The third-order valence-corrected chi connectivity index (χ3v) is 7.53. The van der Waals surface area contributed by atoms with Crippen LogP contribution in [0.4, 0.5) is 5.69 Å². The van der Waals surface area contributed by atoms with Gasteiger partial charge in [-0.3, -0.25) is 4.79 Å². The van der Waals surface area contributed by atoms with E-state index >= 15 is 0 Å². The number of rotatable bonds is 10. The van der Waals surface area contributed by atoms with Gasteiger partial charge in [-0.2, -0.15) is 4.80 Å². The third-order valence-electron chi connectivity index (χ3n) is 7.53. The first-order chi connectivity index (χ1) is 18.1. The highest BCUT2D eigenvalue weighted by Crippen LogP contribution is 2.40. The summed E-state index contributed by atoms with van der Waals surface area (Å²) in [7, 11) is 3.26. The summed E-state index contributed by atoms with van der Waals surface area (Å²) in [6, 6.07) is 11.9. The number of methoxy groups -OCH3 is 2. The van der Waals surface area contributed by atoms with Gasteiger partial charge in [-0.15, -0.1) is 10.2 Å². The lowest BCUT2D eigenvalue weighted by atomic mass is 9.99. The Morgan fingerprint density at radius 3 is 2.54 bits per heavy atom. The predicted molar refractivity (Wildman–Crippen MR) is 140 cm³/mol. The van der Waals surface area contributed by atoms with Crippen LogP contribution < -0.4 is 14.4 Å². The minimum absolute atomic E-state index is 0.0720. The molecule has 0 saturated carbocycles. The number of benzene rings is 2. The maximum absolute atomic E-state index is 13.8. The molecule has 0 aliphatic carbocycles. The number of piperazine rings is 1. The van der Waals surface area contributed by atoms with Gasteiger partial charge in [0.2, 0.25) is 0 Å². The van der Waals surface area contributed by atoms with Crippen molar-refractivity contribution in [3.63, 3.8) is 0 Å². The number of tetrazole rings is 1. The molecule has 10 nitrogen and oxygen atoms in total. The fourth-order valence-electron chi connectivity index (χ4n) is 5.47. The van der Waals surface area contributed by atoms with E-state index in [0.717, 1.165) is 62.3 Å². The van der Waals surface area contributed by atoms with Gasteiger partial charge >= 0.3 is 0 Å². The quantitative estimate of drug-likeness (QED) is 0.416. The number of fused-ring (bicyclic) bond motifs is 1. The van der Waals surface area contributed by atoms with E-state index in [9.17, 15) is 4.79 Å². The van der Waals surface area contributed by atoms with Crippen LogP contribution in [0.25, 0.3) is 0 Å². The van der Waals surface area contributed by atoms with Gasteiger partial charge in [0.15, 0.2) is 17.8 Å². The number of amides is 1. The Balaban J connectivity index is 1.42. The molecule has 0 spiro atoms. The minimum Gasteiger partial charge on any atom is -0.493 e. The molecule has 1 amide bonds. The number of nitrogens with zero attached hydrogens (tertiary/aromatic N) is 7. The normalized spacial score (nSPS) is 16.7. The Hall–Kier alpha value is -3.66. The summed E-state index contributed by atoms with van der Waals surface area (Å²) in [5, 5.41) is 11.9. The molecular formula is C27H35N7O3. The molecule has 2 aromatic carbocycles. The molecule has 2 aliphatic heterocycles. The van der Waals surface area contributed by atoms with Crippen LogP contribution in [0, 0.1) is 0 Å². The zero-order valence-electron chi connectivity index (χ0n) is 21.8. The SMILES string of the molecule is CCN1CCN(c2cccc3c2CN(C(CCCn2ncnn2)c2ccc(OC)c(OC)c2)C3=O)CC1. The van der Waals surface area contributed by atoms with Gasteiger partial charge in [0.05, 0.1) is 26.8 Å². The molecule has 0 radical (unpaired) electrons. The van der Waals surface area contributed by atoms with Crippen LogP contribution in [-0.2, 0) is 13.1 Å². The fraction of sp³-hybridized carbons (Fsp3) is 0.481. The van der Waals surface area contributed by atoms with E-state index in [-0.39, 0.29) is 11.9 Å². The highest BCUT2D eigenvalue weighted by molar-refractivity contribution is 6.00. The summed E-state index contributed by atoms with van der Waals surface area (Å²) >= 11 is 0. The van der Waals surface area contributed by atoms with Crippen molar-refractivity contribution in [1.82, 2.24) is 30.0 Å². The lowest BCUT2D eigenvalue weighted by molar-refractivity contribution is 0.0687. The van der Waals surface area contributed by atoms with E-state index in [2.05, 4.69) is 38.2 Å². The first-order valence-corrected chi connectivity index (χ1v) is 13.0. The fourth-order valence-corrected chi connectivity index (χ4v) is 5.47. The maximum atomic E-state index is 13.8. The number of carbonyl (C=O) groups is 1. The molecular weight excluding hydrogens is 470 g/mol. The molecule has 3 aromatic rings. The van der Waals surface area contributed by atoms with E-state index in [0.29, 0.717) is 24.6 Å². The van der Waals surface area contributed by atoms with Crippen molar-refractivity contribution in [2.75, 3.05) is 51.8 Å². The van der Waals surface area contributed by atoms with Gasteiger partial charge in [0.25, 0.3) is 5.91 Å². The molecule has 196 valence electrons. The van der Waals surface area contributed by atoms with Crippen molar-refractivity contribution in [2.24, 2.45) is 0 Å². The molecule has 1 fully saturated rings. The Morgan fingerprint density at radius 2 is 1.84 bits per heavy atom. The highest BCUT2D eigenvalue weighted by atomic mass is 16.5. The van der Waals surface area contributed by atoms with Crippen molar-refractivity contribution in [1.29, 1.82) is 0 Å². The number of hydrogen-bond acceptors (Lipinski definition) is 8. The van der Waals surface area contributed by atoms with Crippen molar-refractivity contribution >= 4 is 11.6 Å². The second-order valence-corrected chi connectivity index (χ2v) is 9.46. The van der Waals surface area contributed by atoms with Gasteiger partial charge in [-0.25, -0.2) is 0 Å². The Kier molecular flexibility index (Phi) is 7.55. The number of anilines is 1. The number of aromatic nitrogens is 4. The lowest BCUT2D eigenvalue weighted by Gasteiger charge is -2.36. The second-order valence-electron chi connectivity index (χ2n) is 9.46. The summed E-state index contributed by atoms with van der Waals surface area (Å²) in [5.74, 6) is 1.39. The summed E-state index contributed by atoms with van der Waals surface area (Å²) in [6.45, 7) is 8.53. The Morgan fingerprint density at radius 1 is 1.03 bits per heavy atom. The first-order valence-electron chi connectivity index (χ1n) is 13.0. The van der Waals surface area contributed by atoms with Crippen molar-refractivity contribution < 1.29 is 14.3 Å². The van der Waals surface area contributed by atoms with E-state index in [1.807, 2.05) is 35.2 Å². The van der Waals surface area contributed by atoms with Crippen molar-refractivity contribution in [2.45, 2.75) is 38.9 Å². The van der Waals surface area contributed by atoms with Gasteiger partial charge in [-0.05, 0) is 54.4 Å². The van der Waals surface area contributed by atoms with E-state index in [1.165, 1.54) is 12.0 Å². The number of hydrogen-bond donors (Lipinski definition) is 0. The first kappa shape index (κ1) is 25.0. The minimum atomic E-state index is -0.131. The Labute approximate surface area is 217 Å². The van der Waals surface area contributed by atoms with Gasteiger partial charge in [0.1, 0.15) is 0 Å². The zero-order chi connectivity index (χ0) is 25.8. The van der Waals surface area contributed by atoms with Crippen molar-refractivity contribution in [3.05, 3.63) is 59.4 Å². The molecule has 3 heterocycles. The van der Waals surface area contributed by atoms with E-state index < -0.39 is 0 Å². The number of carbonyl (C=O) groups excluding carboxylic acids is 1. The molecule has 2 aliphatic rings. The smallest absolute Gasteiger partial charge is 0.255 e. The van der Waals surface area contributed by atoms with Gasteiger partial charge in [-0.1, -0.05) is 19.1 Å². The monoisotopic (exact) mass is 505 g/mol. The molecule has 0 N–H and O–H groups in total. The van der Waals surface area contributed by atoms with Gasteiger partial charge in [0, 0.05) is 49.5 Å². The van der Waals surface area contributed by atoms with Crippen LogP contribution in [0.2, 0.25) is 0 Å².